The highest BCUT2D eigenvalue weighted by Gasteiger charge is 2.24. The molecule has 168 valence electrons. The summed E-state index contributed by atoms with van der Waals surface area (Å²) in [5, 5.41) is 7.88. The van der Waals surface area contributed by atoms with Gasteiger partial charge < -0.3 is 10.2 Å². The van der Waals surface area contributed by atoms with E-state index in [9.17, 15) is 0 Å². The van der Waals surface area contributed by atoms with Crippen molar-refractivity contribution in [3.63, 3.8) is 0 Å². The van der Waals surface area contributed by atoms with Crippen molar-refractivity contribution in [2.24, 2.45) is 0 Å². The third-order valence-corrected chi connectivity index (χ3v) is 6.50. The van der Waals surface area contributed by atoms with Crippen LogP contribution < -0.4 is 5.32 Å². The summed E-state index contributed by atoms with van der Waals surface area (Å²) in [6, 6.07) is 4.45. The van der Waals surface area contributed by atoms with E-state index < -0.39 is 0 Å². The summed E-state index contributed by atoms with van der Waals surface area (Å²) in [6.45, 7) is 13.2. The van der Waals surface area contributed by atoms with Crippen LogP contribution in [0.15, 0.2) is 30.7 Å². The van der Waals surface area contributed by atoms with Gasteiger partial charge in [-0.1, -0.05) is 13.0 Å². The number of aromatic nitrogens is 5. The van der Waals surface area contributed by atoms with Gasteiger partial charge in [0.2, 0.25) is 5.95 Å². The van der Waals surface area contributed by atoms with Crippen LogP contribution in [0.5, 0.6) is 0 Å². The lowest BCUT2D eigenvalue weighted by Crippen LogP contribution is -2.45. The van der Waals surface area contributed by atoms with Crippen molar-refractivity contribution in [2.75, 3.05) is 38.0 Å². The number of nitrogens with zero attached hydrogens (tertiary/aromatic N) is 7. The van der Waals surface area contributed by atoms with E-state index in [-0.39, 0.29) is 6.04 Å². The van der Waals surface area contributed by atoms with Gasteiger partial charge >= 0.3 is 0 Å². The maximum absolute atomic E-state index is 4.86. The second-order valence-corrected chi connectivity index (χ2v) is 9.01. The van der Waals surface area contributed by atoms with Crippen molar-refractivity contribution in [2.45, 2.75) is 46.2 Å². The van der Waals surface area contributed by atoms with Crippen LogP contribution in [-0.4, -0.2) is 67.3 Å². The van der Waals surface area contributed by atoms with Gasteiger partial charge in [-0.3, -0.25) is 9.58 Å². The molecule has 0 spiro atoms. The Morgan fingerprint density at radius 1 is 0.938 bits per heavy atom. The molecule has 0 unspecified atom stereocenters. The van der Waals surface area contributed by atoms with Gasteiger partial charge in [0.25, 0.3) is 0 Å². The first kappa shape index (κ1) is 21.0. The number of hydrogen-bond acceptors (Lipinski definition) is 7. The fourth-order valence-electron chi connectivity index (χ4n) is 4.59. The van der Waals surface area contributed by atoms with E-state index in [0.717, 1.165) is 69.3 Å². The summed E-state index contributed by atoms with van der Waals surface area (Å²) >= 11 is 0. The summed E-state index contributed by atoms with van der Waals surface area (Å²) in [5.74, 6) is 1.34. The Hall–Kier alpha value is -2.84. The number of fused-ring (bicyclic) bond motifs is 3. The molecule has 1 fully saturated rings. The summed E-state index contributed by atoms with van der Waals surface area (Å²) < 4.78 is 2.07. The third-order valence-electron chi connectivity index (χ3n) is 6.50. The predicted molar refractivity (Wildman–Crippen MR) is 126 cm³/mol. The number of anilines is 2. The van der Waals surface area contributed by atoms with Crippen LogP contribution in [0.3, 0.4) is 0 Å². The van der Waals surface area contributed by atoms with Crippen LogP contribution in [0.4, 0.5) is 11.8 Å². The number of nitrogens with one attached hydrogen (secondary N) is 1. The molecule has 0 bridgehead atoms. The molecule has 0 saturated carbocycles. The highest BCUT2D eigenvalue weighted by atomic mass is 15.3. The van der Waals surface area contributed by atoms with Crippen molar-refractivity contribution in [1.29, 1.82) is 0 Å². The second-order valence-electron chi connectivity index (χ2n) is 9.01. The summed E-state index contributed by atoms with van der Waals surface area (Å²) in [6.07, 6.45) is 7.82. The van der Waals surface area contributed by atoms with Crippen LogP contribution in [0.1, 0.15) is 43.5 Å². The summed E-state index contributed by atoms with van der Waals surface area (Å²) in [7, 11) is 0. The molecule has 8 heteroatoms. The number of likely N-dealkylation sites (N-methyl/N-ethyl adjacent to an activating group) is 1. The second kappa shape index (κ2) is 8.96. The molecule has 3 aromatic heterocycles. The highest BCUT2D eigenvalue weighted by molar-refractivity contribution is 5.67. The molecule has 4 heterocycles. The van der Waals surface area contributed by atoms with Crippen molar-refractivity contribution in [3.8, 4) is 11.4 Å². The first-order chi connectivity index (χ1) is 15.6. The molecule has 0 radical (unpaired) electrons. The average molecular weight is 433 g/mol. The molecule has 0 atom stereocenters. The number of pyridine rings is 1. The molecule has 32 heavy (non-hydrogen) atoms. The topological polar surface area (TPSA) is 75.0 Å². The van der Waals surface area contributed by atoms with Crippen molar-refractivity contribution in [3.05, 3.63) is 47.4 Å². The quantitative estimate of drug-likeness (QED) is 0.641. The lowest BCUT2D eigenvalue weighted by atomic mass is 9.95. The molecule has 1 N–H and O–H groups in total. The van der Waals surface area contributed by atoms with Gasteiger partial charge in [0.1, 0.15) is 5.82 Å². The zero-order valence-electron chi connectivity index (χ0n) is 19.3. The van der Waals surface area contributed by atoms with Crippen LogP contribution in [0, 0.1) is 0 Å². The molecule has 3 aromatic rings. The van der Waals surface area contributed by atoms with E-state index in [1.54, 1.807) is 0 Å². The van der Waals surface area contributed by atoms with Gasteiger partial charge in [-0.25, -0.2) is 15.0 Å². The van der Waals surface area contributed by atoms with E-state index in [2.05, 4.69) is 61.7 Å². The SMILES string of the molecule is CCN1CCN(Cc2ccc(Nc3ncc4c(n3)-c3c(cnn3C(C)C)CC4)nc2)CC1. The Bertz CT molecular complexity index is 1060. The Morgan fingerprint density at radius 3 is 2.44 bits per heavy atom. The average Bonchev–Trinajstić information content (AvgIpc) is 3.26. The first-order valence-electron chi connectivity index (χ1n) is 11.7. The zero-order chi connectivity index (χ0) is 22.1. The van der Waals surface area contributed by atoms with Crippen LogP contribution in [0.2, 0.25) is 0 Å². The van der Waals surface area contributed by atoms with E-state index in [0.29, 0.717) is 5.95 Å². The Labute approximate surface area is 189 Å². The Morgan fingerprint density at radius 2 is 1.72 bits per heavy atom. The van der Waals surface area contributed by atoms with E-state index in [1.165, 1.54) is 16.7 Å². The largest absolute Gasteiger partial charge is 0.309 e. The molecule has 0 amide bonds. The van der Waals surface area contributed by atoms with Gasteiger partial charge in [0.05, 0.1) is 17.6 Å². The van der Waals surface area contributed by atoms with Crippen molar-refractivity contribution < 1.29 is 0 Å². The van der Waals surface area contributed by atoms with E-state index in [4.69, 9.17) is 4.98 Å². The smallest absolute Gasteiger partial charge is 0.228 e. The summed E-state index contributed by atoms with van der Waals surface area (Å²) in [4.78, 5) is 19.0. The van der Waals surface area contributed by atoms with Gasteiger partial charge in [-0.2, -0.15) is 5.10 Å². The predicted octanol–water partition coefficient (Wildman–Crippen LogP) is 3.30. The molecule has 1 aliphatic carbocycles. The van der Waals surface area contributed by atoms with Gasteiger partial charge in [0.15, 0.2) is 0 Å². The number of piperazine rings is 1. The molecule has 1 saturated heterocycles. The van der Waals surface area contributed by atoms with Crippen molar-refractivity contribution in [1.82, 2.24) is 34.5 Å². The van der Waals surface area contributed by atoms with Crippen LogP contribution in [0.25, 0.3) is 11.4 Å². The highest BCUT2D eigenvalue weighted by Crippen LogP contribution is 2.34. The van der Waals surface area contributed by atoms with E-state index >= 15 is 0 Å². The minimum Gasteiger partial charge on any atom is -0.309 e. The Kier molecular flexibility index (Phi) is 5.89. The number of aryl methyl sites for hydroxylation is 2. The molecule has 5 rings (SSSR count). The van der Waals surface area contributed by atoms with Gasteiger partial charge in [0, 0.05) is 56.7 Å². The minimum atomic E-state index is 0.287. The normalized spacial score (nSPS) is 16.8. The lowest BCUT2D eigenvalue weighted by Gasteiger charge is -2.33. The Balaban J connectivity index is 1.29. The van der Waals surface area contributed by atoms with Gasteiger partial charge in [-0.05, 0) is 50.4 Å². The molecule has 1 aliphatic heterocycles. The molecular formula is C24H32N8. The maximum Gasteiger partial charge on any atom is 0.228 e. The molecule has 0 aromatic carbocycles. The third kappa shape index (κ3) is 4.25. The summed E-state index contributed by atoms with van der Waals surface area (Å²) in [5.41, 5.74) is 5.78. The maximum atomic E-state index is 4.86. The number of hydrogen-bond donors (Lipinski definition) is 1. The molecule has 8 nitrogen and oxygen atoms in total. The van der Waals surface area contributed by atoms with Crippen molar-refractivity contribution >= 4 is 11.8 Å². The molecular weight excluding hydrogens is 400 g/mol. The zero-order valence-corrected chi connectivity index (χ0v) is 19.3. The van der Waals surface area contributed by atoms with Crippen LogP contribution >= 0.6 is 0 Å². The minimum absolute atomic E-state index is 0.287. The monoisotopic (exact) mass is 432 g/mol. The lowest BCUT2D eigenvalue weighted by molar-refractivity contribution is 0.132. The van der Waals surface area contributed by atoms with Gasteiger partial charge in [-0.15, -0.1) is 0 Å². The number of rotatable bonds is 6. The fraction of sp³-hybridized carbons (Fsp3) is 0.500. The standard InChI is InChI=1S/C24H32N8/c1-4-30-9-11-31(12-10-30)16-18-5-8-21(25-13-18)28-24-26-14-19-6-7-20-15-27-32(17(2)3)23(20)22(19)29-24/h5,8,13-15,17H,4,6-7,9-12,16H2,1-3H3,(H,25,26,28,29). The van der Waals surface area contributed by atoms with E-state index in [1.807, 2.05) is 24.7 Å². The van der Waals surface area contributed by atoms with Crippen LogP contribution in [-0.2, 0) is 19.4 Å². The first-order valence-corrected chi connectivity index (χ1v) is 11.7. The fourth-order valence-corrected chi connectivity index (χ4v) is 4.59. The molecule has 2 aliphatic rings.